The summed E-state index contributed by atoms with van der Waals surface area (Å²) in [6.07, 6.45) is 1.25. The van der Waals surface area contributed by atoms with Crippen molar-refractivity contribution in [1.82, 2.24) is 4.72 Å². The highest BCUT2D eigenvalue weighted by Gasteiger charge is 2.16. The Morgan fingerprint density at radius 3 is 2.13 bits per heavy atom. The Bertz CT molecular complexity index is 203. The Kier molecular flexibility index (Phi) is 10.9. The van der Waals surface area contributed by atoms with Crippen LogP contribution in [0.2, 0.25) is 0 Å². The van der Waals surface area contributed by atoms with Crippen LogP contribution >= 0.6 is 24.6 Å². The zero-order valence-corrected chi connectivity index (χ0v) is 11.8. The van der Waals surface area contributed by atoms with Crippen LogP contribution in [0.3, 0.4) is 0 Å². The van der Waals surface area contributed by atoms with E-state index in [9.17, 15) is 0 Å². The Hall–Kier alpha value is 0.1000. The fourth-order valence-corrected chi connectivity index (χ4v) is 1.01. The van der Waals surface area contributed by atoms with E-state index < -0.39 is 4.87 Å². The fourth-order valence-electron chi connectivity index (χ4n) is 0.291. The first-order valence-corrected chi connectivity index (χ1v) is 6.19. The van der Waals surface area contributed by atoms with Gasteiger partial charge in [0.15, 0.2) is 0 Å². The molecule has 2 N–H and O–H groups in total. The number of rotatable bonds is 5. The second-order valence-electron chi connectivity index (χ2n) is 3.55. The molecule has 0 saturated heterocycles. The van der Waals surface area contributed by atoms with Crippen molar-refractivity contribution in [1.29, 1.82) is 0 Å². The third-order valence-electron chi connectivity index (χ3n) is 1.18. The molecule has 15 heavy (non-hydrogen) atoms. The van der Waals surface area contributed by atoms with Gasteiger partial charge in [-0.1, -0.05) is 33.4 Å². The molecular formula is C11H23NOS2. The van der Waals surface area contributed by atoms with Gasteiger partial charge < -0.3 is 5.11 Å². The first-order chi connectivity index (χ1) is 6.80. The van der Waals surface area contributed by atoms with Crippen molar-refractivity contribution in [3.05, 3.63) is 23.6 Å². The van der Waals surface area contributed by atoms with E-state index in [1.807, 2.05) is 6.92 Å². The lowest BCUT2D eigenvalue weighted by molar-refractivity contribution is 0.253. The molecule has 0 bridgehead atoms. The zero-order valence-electron chi connectivity index (χ0n) is 10.1. The van der Waals surface area contributed by atoms with Crippen LogP contribution in [0.5, 0.6) is 0 Å². The first-order valence-electron chi connectivity index (χ1n) is 4.92. The van der Waals surface area contributed by atoms with Gasteiger partial charge in [0.05, 0.1) is 11.5 Å². The Morgan fingerprint density at radius 1 is 1.47 bits per heavy atom. The monoisotopic (exact) mass is 249 g/mol. The van der Waals surface area contributed by atoms with Crippen molar-refractivity contribution < 1.29 is 5.11 Å². The minimum absolute atomic E-state index is 0.0351. The molecule has 4 heteroatoms. The lowest BCUT2D eigenvalue weighted by Crippen LogP contribution is -2.35. The van der Waals surface area contributed by atoms with E-state index in [0.717, 1.165) is 10.5 Å². The molecule has 0 aromatic carbocycles. The van der Waals surface area contributed by atoms with E-state index in [4.69, 9.17) is 5.11 Å². The van der Waals surface area contributed by atoms with Crippen LogP contribution in [0.4, 0.5) is 0 Å². The molecule has 0 aliphatic heterocycles. The summed E-state index contributed by atoms with van der Waals surface area (Å²) in [6, 6.07) is 0. The number of nitrogens with one attached hydrogen (secondary N) is 1. The van der Waals surface area contributed by atoms with Crippen LogP contribution in [0.15, 0.2) is 23.6 Å². The van der Waals surface area contributed by atoms with Crippen molar-refractivity contribution in [2.75, 3.05) is 6.61 Å². The number of allylic oxidation sites excluding steroid dienone is 1. The average molecular weight is 249 g/mol. The lowest BCUT2D eigenvalue weighted by atomic mass is 10.3. The lowest BCUT2D eigenvalue weighted by Gasteiger charge is -2.21. The van der Waals surface area contributed by atoms with Gasteiger partial charge in [-0.3, -0.25) is 0 Å². The highest BCUT2D eigenvalue weighted by molar-refractivity contribution is 8.02. The summed E-state index contributed by atoms with van der Waals surface area (Å²) in [5, 5.41) is 8.84. The molecule has 0 saturated carbocycles. The van der Waals surface area contributed by atoms with Crippen molar-refractivity contribution in [2.24, 2.45) is 0 Å². The topological polar surface area (TPSA) is 32.3 Å². The predicted molar refractivity (Wildman–Crippen MR) is 75.1 cm³/mol. The fraction of sp³-hybridized carbons (Fsp3) is 0.636. The summed E-state index contributed by atoms with van der Waals surface area (Å²) < 4.78 is 2.96. The Morgan fingerprint density at radius 2 is 1.87 bits per heavy atom. The summed E-state index contributed by atoms with van der Waals surface area (Å²) in [4.78, 5) is 0.270. The summed E-state index contributed by atoms with van der Waals surface area (Å²) >= 11 is 5.51. The molecule has 90 valence electrons. The summed E-state index contributed by atoms with van der Waals surface area (Å²) in [7, 11) is 0. The standard InChI is InChI=1S/C8H15NOS2.C3H8/c1-6(2)7(3)12-9-8(4,11)5-10;1-3-2/h9-11H,1,3,5H2,2,4H3;3H2,1-2H3. The van der Waals surface area contributed by atoms with Gasteiger partial charge in [0, 0.05) is 4.91 Å². The van der Waals surface area contributed by atoms with Gasteiger partial charge in [0.1, 0.15) is 0 Å². The Balaban J connectivity index is 0. The van der Waals surface area contributed by atoms with Gasteiger partial charge in [0.25, 0.3) is 0 Å². The molecule has 0 amide bonds. The number of thiol groups is 1. The molecule has 2 nitrogen and oxygen atoms in total. The van der Waals surface area contributed by atoms with Gasteiger partial charge in [-0.2, -0.15) is 12.6 Å². The quantitative estimate of drug-likeness (QED) is 0.302. The second-order valence-corrected chi connectivity index (χ2v) is 5.43. The molecule has 0 aliphatic rings. The molecule has 0 aromatic rings. The van der Waals surface area contributed by atoms with Crippen molar-refractivity contribution in [2.45, 2.75) is 39.0 Å². The van der Waals surface area contributed by atoms with Crippen LogP contribution in [-0.4, -0.2) is 16.6 Å². The van der Waals surface area contributed by atoms with E-state index in [1.165, 1.54) is 18.4 Å². The van der Waals surface area contributed by atoms with E-state index in [0.29, 0.717) is 0 Å². The van der Waals surface area contributed by atoms with Gasteiger partial charge in [-0.05, 0) is 31.4 Å². The molecule has 0 fully saturated rings. The highest BCUT2D eigenvalue weighted by atomic mass is 32.2. The molecule has 0 rings (SSSR count). The maximum absolute atomic E-state index is 8.84. The molecular weight excluding hydrogens is 226 g/mol. The molecule has 0 aromatic heterocycles. The molecule has 0 aliphatic carbocycles. The molecule has 0 radical (unpaired) electrons. The van der Waals surface area contributed by atoms with E-state index >= 15 is 0 Å². The molecule has 1 atom stereocenters. The van der Waals surface area contributed by atoms with Crippen LogP contribution in [0, 0.1) is 0 Å². The first kappa shape index (κ1) is 17.5. The summed E-state index contributed by atoms with van der Waals surface area (Å²) in [5.74, 6) is 0. The maximum atomic E-state index is 8.84. The van der Waals surface area contributed by atoms with E-state index in [-0.39, 0.29) is 6.61 Å². The van der Waals surface area contributed by atoms with Gasteiger partial charge >= 0.3 is 0 Å². The SMILES string of the molecule is C=C(C)C(=C)SNC(C)(S)CO.CCC. The van der Waals surface area contributed by atoms with Crippen LogP contribution in [0.25, 0.3) is 0 Å². The molecule has 1 unspecified atom stereocenters. The van der Waals surface area contributed by atoms with Crippen molar-refractivity contribution in [3.63, 3.8) is 0 Å². The van der Waals surface area contributed by atoms with E-state index in [1.54, 1.807) is 6.92 Å². The minimum Gasteiger partial charge on any atom is -0.394 e. The highest BCUT2D eigenvalue weighted by Crippen LogP contribution is 2.21. The van der Waals surface area contributed by atoms with E-state index in [2.05, 4.69) is 44.4 Å². The second kappa shape index (κ2) is 9.33. The smallest absolute Gasteiger partial charge is 0.0914 e. The zero-order chi connectivity index (χ0) is 12.5. The Labute approximate surface area is 104 Å². The number of aliphatic hydroxyl groups excluding tert-OH is 1. The van der Waals surface area contributed by atoms with Crippen molar-refractivity contribution >= 4 is 24.6 Å². The summed E-state index contributed by atoms with van der Waals surface area (Å²) in [6.45, 7) is 15.4. The normalized spacial score (nSPS) is 13.5. The number of aliphatic hydroxyl groups is 1. The maximum Gasteiger partial charge on any atom is 0.0914 e. The van der Waals surface area contributed by atoms with Gasteiger partial charge in [-0.15, -0.1) is 0 Å². The van der Waals surface area contributed by atoms with Gasteiger partial charge in [-0.25, -0.2) is 4.72 Å². The summed E-state index contributed by atoms with van der Waals surface area (Å²) in [5.41, 5.74) is 0.912. The van der Waals surface area contributed by atoms with Crippen molar-refractivity contribution in [3.8, 4) is 0 Å². The number of hydrogen-bond donors (Lipinski definition) is 3. The van der Waals surface area contributed by atoms with Crippen LogP contribution in [-0.2, 0) is 0 Å². The average Bonchev–Trinajstić information content (AvgIpc) is 2.15. The largest absolute Gasteiger partial charge is 0.394 e. The predicted octanol–water partition coefficient (Wildman–Crippen LogP) is 3.37. The minimum atomic E-state index is -0.580. The van der Waals surface area contributed by atoms with Crippen LogP contribution in [0.1, 0.15) is 34.1 Å². The third-order valence-corrected chi connectivity index (χ3v) is 2.73. The number of hydrogen-bond acceptors (Lipinski definition) is 4. The van der Waals surface area contributed by atoms with Crippen LogP contribution < -0.4 is 4.72 Å². The third kappa shape index (κ3) is 12.0. The molecule has 0 spiro atoms. The van der Waals surface area contributed by atoms with Gasteiger partial charge in [0.2, 0.25) is 0 Å². The molecule has 0 heterocycles.